The molecule has 0 aliphatic heterocycles. The second kappa shape index (κ2) is 10.3. The Kier molecular flexibility index (Phi) is 9.10. The maximum absolute atomic E-state index is 10.8. The van der Waals surface area contributed by atoms with Gasteiger partial charge in [0.2, 0.25) is 0 Å². The maximum atomic E-state index is 10.8. The lowest BCUT2D eigenvalue weighted by Gasteiger charge is -2.27. The van der Waals surface area contributed by atoms with Gasteiger partial charge in [0.05, 0.1) is 11.7 Å². The van der Waals surface area contributed by atoms with Gasteiger partial charge >= 0.3 is 0 Å². The van der Waals surface area contributed by atoms with Gasteiger partial charge in [0.15, 0.2) is 0 Å². The molecule has 0 aromatic heterocycles. The van der Waals surface area contributed by atoms with Crippen molar-refractivity contribution < 1.29 is 10.2 Å². The Hall–Kier alpha value is -0.550. The zero-order chi connectivity index (χ0) is 16.4. The first-order valence-electron chi connectivity index (χ1n) is 8.38. The Morgan fingerprint density at radius 2 is 2.00 bits per heavy atom. The number of hydrogen-bond acceptors (Lipinski definition) is 4. The third kappa shape index (κ3) is 6.69. The fourth-order valence-electron chi connectivity index (χ4n) is 2.59. The van der Waals surface area contributed by atoms with Gasteiger partial charge in [0, 0.05) is 10.6 Å². The normalized spacial score (nSPS) is 15.5. The van der Waals surface area contributed by atoms with Crippen molar-refractivity contribution in [2.75, 3.05) is 12.3 Å². The zero-order valence-electron chi connectivity index (χ0n) is 13.9. The third-order valence-corrected chi connectivity index (χ3v) is 5.17. The van der Waals surface area contributed by atoms with Gasteiger partial charge in [0.1, 0.15) is 0 Å². The number of rotatable bonds is 11. The second-order valence-electron chi connectivity index (χ2n) is 6.03. The Labute approximate surface area is 139 Å². The lowest BCUT2D eigenvalue weighted by molar-refractivity contribution is 0.0440. The van der Waals surface area contributed by atoms with Crippen molar-refractivity contribution >= 4 is 11.8 Å². The molecule has 4 N–H and O–H groups in total. The molecule has 0 fully saturated rings. The van der Waals surface area contributed by atoms with Crippen molar-refractivity contribution in [2.24, 2.45) is 5.73 Å². The molecule has 4 heteroatoms. The molecule has 1 aromatic carbocycles. The van der Waals surface area contributed by atoms with E-state index in [0.717, 1.165) is 42.6 Å². The van der Waals surface area contributed by atoms with Crippen molar-refractivity contribution in [3.8, 4) is 0 Å². The summed E-state index contributed by atoms with van der Waals surface area (Å²) in [5.74, 6) is 0.706. The standard InChI is InChI=1S/C18H31NO2S/c1-3-5-11-18(21,10-4-2)14-22-16-8-6-7-15(13-16)17(20)9-12-19/h6-8,13,17,20-21H,3-5,9-12,14,19H2,1-2H3. The van der Waals surface area contributed by atoms with E-state index in [9.17, 15) is 10.2 Å². The molecule has 0 bridgehead atoms. The molecule has 0 heterocycles. The van der Waals surface area contributed by atoms with Crippen LogP contribution < -0.4 is 5.73 Å². The molecule has 0 saturated heterocycles. The van der Waals surface area contributed by atoms with Gasteiger partial charge in [-0.2, -0.15) is 0 Å². The smallest absolute Gasteiger partial charge is 0.0802 e. The average molecular weight is 326 g/mol. The minimum absolute atomic E-state index is 0.478. The molecule has 1 aromatic rings. The first-order chi connectivity index (χ1) is 10.5. The summed E-state index contributed by atoms with van der Waals surface area (Å²) < 4.78 is 0. The Bertz CT molecular complexity index is 427. The molecule has 0 amide bonds. The molecular weight excluding hydrogens is 294 g/mol. The van der Waals surface area contributed by atoms with Crippen LogP contribution in [0.2, 0.25) is 0 Å². The van der Waals surface area contributed by atoms with E-state index in [-0.39, 0.29) is 0 Å². The lowest BCUT2D eigenvalue weighted by atomic mass is 9.94. The van der Waals surface area contributed by atoms with Gasteiger partial charge in [-0.3, -0.25) is 0 Å². The third-order valence-electron chi connectivity index (χ3n) is 3.90. The van der Waals surface area contributed by atoms with E-state index in [0.29, 0.717) is 18.7 Å². The van der Waals surface area contributed by atoms with Crippen LogP contribution in [0.15, 0.2) is 29.2 Å². The van der Waals surface area contributed by atoms with Crippen LogP contribution in [0.1, 0.15) is 64.0 Å². The van der Waals surface area contributed by atoms with E-state index in [1.807, 2.05) is 24.3 Å². The minimum Gasteiger partial charge on any atom is -0.389 e. The molecule has 126 valence electrons. The molecule has 0 aliphatic rings. The molecule has 1 rings (SSSR count). The zero-order valence-corrected chi connectivity index (χ0v) is 14.7. The first kappa shape index (κ1) is 19.5. The topological polar surface area (TPSA) is 66.5 Å². The van der Waals surface area contributed by atoms with Crippen LogP contribution in [0.4, 0.5) is 0 Å². The van der Waals surface area contributed by atoms with Gasteiger partial charge in [-0.05, 0) is 43.5 Å². The summed E-state index contributed by atoms with van der Waals surface area (Å²) in [6.45, 7) is 4.75. The molecule has 2 atom stereocenters. The number of nitrogens with two attached hydrogens (primary N) is 1. The van der Waals surface area contributed by atoms with E-state index in [1.54, 1.807) is 11.8 Å². The van der Waals surface area contributed by atoms with Crippen LogP contribution in [0, 0.1) is 0 Å². The molecule has 0 saturated carbocycles. The highest BCUT2D eigenvalue weighted by Crippen LogP contribution is 2.30. The van der Waals surface area contributed by atoms with Gasteiger partial charge in [0.25, 0.3) is 0 Å². The highest BCUT2D eigenvalue weighted by atomic mass is 32.2. The summed E-state index contributed by atoms with van der Waals surface area (Å²) in [5, 5.41) is 20.8. The number of aliphatic hydroxyl groups is 2. The maximum Gasteiger partial charge on any atom is 0.0802 e. The fraction of sp³-hybridized carbons (Fsp3) is 0.667. The van der Waals surface area contributed by atoms with E-state index < -0.39 is 11.7 Å². The Morgan fingerprint density at radius 1 is 1.23 bits per heavy atom. The van der Waals surface area contributed by atoms with Crippen LogP contribution in [0.25, 0.3) is 0 Å². The molecule has 0 radical (unpaired) electrons. The summed E-state index contributed by atoms with van der Waals surface area (Å²) in [6, 6.07) is 7.94. The van der Waals surface area contributed by atoms with E-state index in [4.69, 9.17) is 5.73 Å². The van der Waals surface area contributed by atoms with Crippen LogP contribution in [0.5, 0.6) is 0 Å². The summed E-state index contributed by atoms with van der Waals surface area (Å²) in [4.78, 5) is 1.10. The summed E-state index contributed by atoms with van der Waals surface area (Å²) in [5.41, 5.74) is 5.83. The molecule has 3 nitrogen and oxygen atoms in total. The quantitative estimate of drug-likeness (QED) is 0.540. The van der Waals surface area contributed by atoms with Crippen molar-refractivity contribution in [3.05, 3.63) is 29.8 Å². The largest absolute Gasteiger partial charge is 0.389 e. The Morgan fingerprint density at radius 3 is 2.64 bits per heavy atom. The number of aliphatic hydroxyl groups excluding tert-OH is 1. The summed E-state index contributed by atoms with van der Waals surface area (Å²) in [7, 11) is 0. The predicted molar refractivity (Wildman–Crippen MR) is 95.2 cm³/mol. The Balaban J connectivity index is 2.66. The fourth-order valence-corrected chi connectivity index (χ4v) is 3.71. The van der Waals surface area contributed by atoms with Crippen molar-refractivity contribution in [1.82, 2.24) is 0 Å². The van der Waals surface area contributed by atoms with Crippen LogP contribution in [-0.4, -0.2) is 28.1 Å². The number of benzene rings is 1. The van der Waals surface area contributed by atoms with Crippen LogP contribution in [-0.2, 0) is 0 Å². The SMILES string of the molecule is CCCCC(O)(CCC)CSc1cccc(C(O)CCN)c1. The lowest BCUT2D eigenvalue weighted by Crippen LogP contribution is -2.31. The highest BCUT2D eigenvalue weighted by Gasteiger charge is 2.25. The average Bonchev–Trinajstić information content (AvgIpc) is 2.52. The molecule has 2 unspecified atom stereocenters. The van der Waals surface area contributed by atoms with Crippen LogP contribution in [0.3, 0.4) is 0 Å². The number of thioether (sulfide) groups is 1. The van der Waals surface area contributed by atoms with Crippen molar-refractivity contribution in [1.29, 1.82) is 0 Å². The highest BCUT2D eigenvalue weighted by molar-refractivity contribution is 7.99. The summed E-state index contributed by atoms with van der Waals surface area (Å²) >= 11 is 1.68. The van der Waals surface area contributed by atoms with E-state index in [1.165, 1.54) is 0 Å². The number of unbranched alkanes of at least 4 members (excludes halogenated alkanes) is 1. The summed E-state index contributed by atoms with van der Waals surface area (Å²) in [6.07, 6.45) is 4.94. The first-order valence-corrected chi connectivity index (χ1v) is 9.36. The molecule has 0 aliphatic carbocycles. The van der Waals surface area contributed by atoms with Gasteiger partial charge in [-0.15, -0.1) is 11.8 Å². The van der Waals surface area contributed by atoms with E-state index in [2.05, 4.69) is 13.8 Å². The van der Waals surface area contributed by atoms with Crippen LogP contribution >= 0.6 is 11.8 Å². The minimum atomic E-state index is -0.582. The molecular formula is C18H31NO2S. The predicted octanol–water partition coefficient (Wildman–Crippen LogP) is 3.88. The van der Waals surface area contributed by atoms with Gasteiger partial charge in [-0.1, -0.05) is 45.2 Å². The van der Waals surface area contributed by atoms with Gasteiger partial charge < -0.3 is 15.9 Å². The van der Waals surface area contributed by atoms with Crippen molar-refractivity contribution in [3.63, 3.8) is 0 Å². The van der Waals surface area contributed by atoms with Gasteiger partial charge in [-0.25, -0.2) is 0 Å². The second-order valence-corrected chi connectivity index (χ2v) is 7.08. The number of hydrogen-bond donors (Lipinski definition) is 3. The molecule has 22 heavy (non-hydrogen) atoms. The monoisotopic (exact) mass is 325 g/mol. The van der Waals surface area contributed by atoms with E-state index >= 15 is 0 Å². The van der Waals surface area contributed by atoms with Crippen molar-refractivity contribution in [2.45, 2.75) is 69.0 Å². The molecule has 0 spiro atoms.